The summed E-state index contributed by atoms with van der Waals surface area (Å²) in [6.45, 7) is 1.59. The number of ether oxygens (including phenoxy) is 1. The summed E-state index contributed by atoms with van der Waals surface area (Å²) in [4.78, 5) is 29.6. The van der Waals surface area contributed by atoms with Gasteiger partial charge in [0.1, 0.15) is 0 Å². The van der Waals surface area contributed by atoms with Gasteiger partial charge in [-0.25, -0.2) is 9.78 Å². The monoisotopic (exact) mass is 326 g/mol. The van der Waals surface area contributed by atoms with Crippen molar-refractivity contribution in [3.8, 4) is 5.88 Å². The van der Waals surface area contributed by atoms with Crippen molar-refractivity contribution in [3.63, 3.8) is 0 Å². The second-order valence-corrected chi connectivity index (χ2v) is 5.28. The van der Waals surface area contributed by atoms with Crippen molar-refractivity contribution in [2.45, 2.75) is 6.54 Å². The molecule has 24 heavy (non-hydrogen) atoms. The van der Waals surface area contributed by atoms with Crippen LogP contribution < -0.4 is 20.3 Å². The average Bonchev–Trinajstić information content (AvgIpc) is 3.06. The summed E-state index contributed by atoms with van der Waals surface area (Å²) in [5, 5.41) is 5.58. The Morgan fingerprint density at radius 2 is 2.12 bits per heavy atom. The van der Waals surface area contributed by atoms with E-state index in [1.165, 1.54) is 0 Å². The van der Waals surface area contributed by atoms with Gasteiger partial charge in [-0.3, -0.25) is 9.69 Å². The van der Waals surface area contributed by atoms with E-state index >= 15 is 0 Å². The number of hydrogen-bond donors (Lipinski definition) is 2. The molecular weight excluding hydrogens is 308 g/mol. The van der Waals surface area contributed by atoms with Gasteiger partial charge >= 0.3 is 6.03 Å². The highest BCUT2D eigenvalue weighted by Gasteiger charge is 2.21. The molecule has 7 nitrogen and oxygen atoms in total. The summed E-state index contributed by atoms with van der Waals surface area (Å²) >= 11 is 0. The van der Waals surface area contributed by atoms with E-state index in [2.05, 4.69) is 15.6 Å². The molecule has 7 heteroatoms. The highest BCUT2D eigenvalue weighted by Crippen LogP contribution is 2.18. The molecule has 1 fully saturated rings. The predicted molar refractivity (Wildman–Crippen MR) is 89.1 cm³/mol. The first-order chi connectivity index (χ1) is 11.7. The van der Waals surface area contributed by atoms with Gasteiger partial charge in [0.05, 0.1) is 7.11 Å². The zero-order valence-corrected chi connectivity index (χ0v) is 13.3. The molecule has 2 N–H and O–H groups in total. The fourth-order valence-electron chi connectivity index (χ4n) is 2.53. The van der Waals surface area contributed by atoms with Crippen LogP contribution in [0.25, 0.3) is 0 Å². The zero-order chi connectivity index (χ0) is 16.9. The Morgan fingerprint density at radius 1 is 1.33 bits per heavy atom. The minimum absolute atomic E-state index is 0.115. The van der Waals surface area contributed by atoms with Crippen LogP contribution in [0.2, 0.25) is 0 Å². The number of urea groups is 1. The third-order valence-electron chi connectivity index (χ3n) is 3.78. The number of methoxy groups -OCH3 is 1. The van der Waals surface area contributed by atoms with Crippen LogP contribution in [-0.2, 0) is 6.54 Å². The lowest BCUT2D eigenvalue weighted by Gasteiger charge is -2.14. The number of amides is 3. The molecule has 1 aromatic carbocycles. The first-order valence-electron chi connectivity index (χ1n) is 7.60. The minimum Gasteiger partial charge on any atom is -0.481 e. The molecular formula is C17H18N4O3. The van der Waals surface area contributed by atoms with Gasteiger partial charge in [0.25, 0.3) is 5.91 Å². The molecule has 2 aromatic rings. The first kappa shape index (κ1) is 15.8. The molecule has 0 spiro atoms. The van der Waals surface area contributed by atoms with Crippen LogP contribution >= 0.6 is 0 Å². The summed E-state index contributed by atoms with van der Waals surface area (Å²) in [6, 6.07) is 10.5. The molecule has 1 aliphatic rings. The van der Waals surface area contributed by atoms with Gasteiger partial charge in [0.15, 0.2) is 0 Å². The third kappa shape index (κ3) is 3.29. The Bertz CT molecular complexity index is 746. The highest BCUT2D eigenvalue weighted by molar-refractivity contribution is 5.97. The van der Waals surface area contributed by atoms with Gasteiger partial charge in [-0.1, -0.05) is 6.07 Å². The first-order valence-corrected chi connectivity index (χ1v) is 7.60. The van der Waals surface area contributed by atoms with E-state index in [0.29, 0.717) is 31.1 Å². The largest absolute Gasteiger partial charge is 0.481 e. The Morgan fingerprint density at radius 3 is 2.79 bits per heavy atom. The van der Waals surface area contributed by atoms with Crippen molar-refractivity contribution in [2.75, 3.05) is 25.1 Å². The van der Waals surface area contributed by atoms with Gasteiger partial charge in [-0.05, 0) is 30.3 Å². The molecule has 0 radical (unpaired) electrons. The van der Waals surface area contributed by atoms with E-state index < -0.39 is 0 Å². The molecule has 2 heterocycles. The van der Waals surface area contributed by atoms with Crippen LogP contribution in [0.5, 0.6) is 5.88 Å². The number of carbonyl (C=O) groups excluding carboxylic acids is 2. The number of nitrogens with one attached hydrogen (secondary N) is 2. The van der Waals surface area contributed by atoms with Crippen molar-refractivity contribution in [3.05, 3.63) is 53.7 Å². The summed E-state index contributed by atoms with van der Waals surface area (Å²) in [5.41, 5.74) is 2.11. The summed E-state index contributed by atoms with van der Waals surface area (Å²) in [7, 11) is 1.54. The molecule has 1 saturated heterocycles. The Labute approximate surface area is 139 Å². The lowest BCUT2D eigenvalue weighted by Crippen LogP contribution is -2.28. The SMILES string of the molecule is COc1ncccc1CNC(=O)c1ccc(N2CCNC2=O)cc1. The van der Waals surface area contributed by atoms with Gasteiger partial charge in [-0.2, -0.15) is 0 Å². The van der Waals surface area contributed by atoms with Gasteiger partial charge < -0.3 is 15.4 Å². The van der Waals surface area contributed by atoms with E-state index in [0.717, 1.165) is 11.3 Å². The number of carbonyl (C=O) groups is 2. The van der Waals surface area contributed by atoms with E-state index in [4.69, 9.17) is 4.74 Å². The number of aromatic nitrogens is 1. The predicted octanol–water partition coefficient (Wildman–Crippen LogP) is 1.55. The maximum Gasteiger partial charge on any atom is 0.321 e. The molecule has 124 valence electrons. The Kier molecular flexibility index (Phi) is 4.60. The molecule has 1 aromatic heterocycles. The van der Waals surface area contributed by atoms with Crippen molar-refractivity contribution in [2.24, 2.45) is 0 Å². The molecule has 3 rings (SSSR count). The number of rotatable bonds is 5. The zero-order valence-electron chi connectivity index (χ0n) is 13.3. The van der Waals surface area contributed by atoms with Crippen molar-refractivity contribution < 1.29 is 14.3 Å². The smallest absolute Gasteiger partial charge is 0.321 e. The highest BCUT2D eigenvalue weighted by atomic mass is 16.5. The van der Waals surface area contributed by atoms with Crippen LogP contribution in [0.3, 0.4) is 0 Å². The topological polar surface area (TPSA) is 83.6 Å². The van der Waals surface area contributed by atoms with Crippen LogP contribution in [0, 0.1) is 0 Å². The molecule has 3 amide bonds. The van der Waals surface area contributed by atoms with E-state index in [-0.39, 0.29) is 11.9 Å². The lowest BCUT2D eigenvalue weighted by atomic mass is 10.1. The van der Waals surface area contributed by atoms with Crippen LogP contribution in [-0.4, -0.2) is 37.1 Å². The quantitative estimate of drug-likeness (QED) is 0.873. The van der Waals surface area contributed by atoms with Crippen molar-refractivity contribution >= 4 is 17.6 Å². The fourth-order valence-corrected chi connectivity index (χ4v) is 2.53. The Balaban J connectivity index is 1.64. The Hall–Kier alpha value is -3.09. The molecule has 0 bridgehead atoms. The molecule has 0 aliphatic carbocycles. The third-order valence-corrected chi connectivity index (χ3v) is 3.78. The minimum atomic E-state index is -0.196. The van der Waals surface area contributed by atoms with Crippen LogP contribution in [0.15, 0.2) is 42.6 Å². The number of anilines is 1. The number of pyridine rings is 1. The van der Waals surface area contributed by atoms with Crippen LogP contribution in [0.4, 0.5) is 10.5 Å². The number of nitrogens with zero attached hydrogens (tertiary/aromatic N) is 2. The summed E-state index contributed by atoms with van der Waals surface area (Å²) in [6.07, 6.45) is 1.64. The second kappa shape index (κ2) is 6.99. The lowest BCUT2D eigenvalue weighted by molar-refractivity contribution is 0.0950. The van der Waals surface area contributed by atoms with Crippen molar-refractivity contribution in [1.29, 1.82) is 0 Å². The number of benzene rings is 1. The van der Waals surface area contributed by atoms with Gasteiger partial charge in [-0.15, -0.1) is 0 Å². The van der Waals surface area contributed by atoms with E-state index in [9.17, 15) is 9.59 Å². The fraction of sp³-hybridized carbons (Fsp3) is 0.235. The maximum absolute atomic E-state index is 12.2. The van der Waals surface area contributed by atoms with E-state index in [1.54, 1.807) is 48.5 Å². The maximum atomic E-state index is 12.2. The van der Waals surface area contributed by atoms with Crippen LogP contribution in [0.1, 0.15) is 15.9 Å². The molecule has 0 atom stereocenters. The van der Waals surface area contributed by atoms with Gasteiger partial charge in [0.2, 0.25) is 5.88 Å². The average molecular weight is 326 g/mol. The standard InChI is InChI=1S/C17H18N4O3/c1-24-16-13(3-2-8-18-16)11-20-15(22)12-4-6-14(7-5-12)21-10-9-19-17(21)23/h2-8H,9-11H2,1H3,(H,19,23)(H,20,22). The molecule has 0 saturated carbocycles. The van der Waals surface area contributed by atoms with Gasteiger partial charge in [0, 0.05) is 42.6 Å². The second-order valence-electron chi connectivity index (χ2n) is 5.28. The molecule has 0 unspecified atom stereocenters. The normalized spacial score (nSPS) is 13.5. The van der Waals surface area contributed by atoms with Crippen molar-refractivity contribution in [1.82, 2.24) is 15.6 Å². The summed E-state index contributed by atoms with van der Waals surface area (Å²) in [5.74, 6) is 0.298. The summed E-state index contributed by atoms with van der Waals surface area (Å²) < 4.78 is 5.16. The molecule has 1 aliphatic heterocycles. The van der Waals surface area contributed by atoms with E-state index in [1.807, 2.05) is 6.07 Å². The number of hydrogen-bond acceptors (Lipinski definition) is 4.